The first-order chi connectivity index (χ1) is 11.1. The summed E-state index contributed by atoms with van der Waals surface area (Å²) in [6, 6.07) is 2.94. The van der Waals surface area contributed by atoms with Crippen LogP contribution in [0.5, 0.6) is 17.2 Å². The summed E-state index contributed by atoms with van der Waals surface area (Å²) in [6.45, 7) is -2.76. The van der Waals surface area contributed by atoms with Gasteiger partial charge in [0.15, 0.2) is 17.5 Å². The van der Waals surface area contributed by atoms with Crippen molar-refractivity contribution in [2.24, 2.45) is 4.99 Å². The number of hydrogen-bond acceptors (Lipinski definition) is 4. The molecule has 1 heterocycles. The van der Waals surface area contributed by atoms with Crippen LogP contribution < -0.4 is 24.8 Å². The molecule has 0 unspecified atom stereocenters. The van der Waals surface area contributed by atoms with Gasteiger partial charge in [0.1, 0.15) is 5.75 Å². The Bertz CT molecular complexity index is 556. The second-order valence-electron chi connectivity index (χ2n) is 4.59. The molecule has 0 fully saturated rings. The van der Waals surface area contributed by atoms with Crippen LogP contribution in [0, 0.1) is 0 Å². The largest absolute Gasteiger partial charge is 0.454 e. The summed E-state index contributed by atoms with van der Waals surface area (Å²) in [7, 11) is 1.56. The van der Waals surface area contributed by atoms with Gasteiger partial charge < -0.3 is 24.8 Å². The van der Waals surface area contributed by atoms with Crippen molar-refractivity contribution < 1.29 is 27.4 Å². The normalized spacial score (nSPS) is 13.3. The molecule has 0 atom stereocenters. The molecule has 128 valence electrons. The number of fused-ring (bicyclic) bond motifs is 1. The number of nitrogens with one attached hydrogen (secondary N) is 2. The van der Waals surface area contributed by atoms with E-state index < -0.39 is 13.3 Å². The van der Waals surface area contributed by atoms with Crippen molar-refractivity contribution in [2.45, 2.75) is 19.6 Å². The van der Waals surface area contributed by atoms with Crippen LogP contribution in [0.2, 0.25) is 0 Å². The molecular weight excluding hydrogens is 315 g/mol. The Morgan fingerprint density at radius 2 is 2.04 bits per heavy atom. The fourth-order valence-corrected chi connectivity index (χ4v) is 1.98. The number of halogens is 3. The van der Waals surface area contributed by atoms with Gasteiger partial charge in [0, 0.05) is 31.8 Å². The zero-order valence-corrected chi connectivity index (χ0v) is 12.6. The monoisotopic (exact) mass is 333 g/mol. The second-order valence-corrected chi connectivity index (χ2v) is 4.59. The van der Waals surface area contributed by atoms with Crippen LogP contribution in [0.25, 0.3) is 0 Å². The Kier molecular flexibility index (Phi) is 6.19. The number of nitrogens with zero attached hydrogens (tertiary/aromatic N) is 1. The van der Waals surface area contributed by atoms with Crippen LogP contribution in [0.15, 0.2) is 17.1 Å². The summed E-state index contributed by atoms with van der Waals surface area (Å²) in [5, 5.41) is 5.85. The van der Waals surface area contributed by atoms with Crippen LogP contribution in [-0.4, -0.2) is 39.6 Å². The molecule has 1 aromatic carbocycles. The highest BCUT2D eigenvalue weighted by Crippen LogP contribution is 2.38. The highest BCUT2D eigenvalue weighted by atomic mass is 19.3. The predicted molar refractivity (Wildman–Crippen MR) is 78.0 cm³/mol. The molecule has 0 spiro atoms. The van der Waals surface area contributed by atoms with Gasteiger partial charge in [-0.3, -0.25) is 9.38 Å². The molecule has 0 aliphatic carbocycles. The molecule has 23 heavy (non-hydrogen) atoms. The Labute approximate surface area is 131 Å². The SMILES string of the molecule is CN=C(NCCCF)NCc1cc2c(cc1OC(F)F)OCO2. The molecule has 9 heteroatoms. The molecule has 0 saturated heterocycles. The van der Waals surface area contributed by atoms with Gasteiger partial charge in [-0.1, -0.05) is 0 Å². The van der Waals surface area contributed by atoms with Crippen LogP contribution in [-0.2, 0) is 6.54 Å². The summed E-state index contributed by atoms with van der Waals surface area (Å²) in [6.07, 6.45) is 0.352. The van der Waals surface area contributed by atoms with Gasteiger partial charge in [0.2, 0.25) is 6.79 Å². The highest BCUT2D eigenvalue weighted by molar-refractivity contribution is 5.79. The number of benzene rings is 1. The number of hydrogen-bond donors (Lipinski definition) is 2. The van der Waals surface area contributed by atoms with E-state index in [2.05, 4.69) is 20.4 Å². The smallest absolute Gasteiger partial charge is 0.387 e. The van der Waals surface area contributed by atoms with Crippen LogP contribution in [0.1, 0.15) is 12.0 Å². The molecule has 0 bridgehead atoms. The average molecular weight is 333 g/mol. The van der Waals surface area contributed by atoms with E-state index in [1.807, 2.05) is 0 Å². The first-order valence-electron chi connectivity index (χ1n) is 7.02. The average Bonchev–Trinajstić information content (AvgIpc) is 2.97. The molecule has 0 amide bonds. The van der Waals surface area contributed by atoms with Crippen LogP contribution in [0.3, 0.4) is 0 Å². The summed E-state index contributed by atoms with van der Waals surface area (Å²) in [5.41, 5.74) is 0.461. The van der Waals surface area contributed by atoms with Crippen LogP contribution in [0.4, 0.5) is 13.2 Å². The number of guanidine groups is 1. The maximum absolute atomic E-state index is 12.5. The Hall–Kier alpha value is -2.32. The second kappa shape index (κ2) is 8.35. The third-order valence-electron chi connectivity index (χ3n) is 3.04. The van der Waals surface area contributed by atoms with Gasteiger partial charge in [0.05, 0.1) is 6.67 Å². The third-order valence-corrected chi connectivity index (χ3v) is 3.04. The number of rotatable bonds is 7. The Morgan fingerprint density at radius 3 is 2.70 bits per heavy atom. The van der Waals surface area contributed by atoms with E-state index >= 15 is 0 Å². The summed E-state index contributed by atoms with van der Waals surface area (Å²) in [5.74, 6) is 1.24. The topological polar surface area (TPSA) is 64.1 Å². The summed E-state index contributed by atoms with van der Waals surface area (Å²) in [4.78, 5) is 3.97. The molecule has 2 rings (SSSR count). The third kappa shape index (κ3) is 4.83. The van der Waals surface area contributed by atoms with Gasteiger partial charge in [-0.2, -0.15) is 8.78 Å². The fourth-order valence-electron chi connectivity index (χ4n) is 1.98. The van der Waals surface area contributed by atoms with E-state index in [9.17, 15) is 13.2 Å². The molecule has 1 aromatic rings. The van der Waals surface area contributed by atoms with E-state index in [0.717, 1.165) is 0 Å². The van der Waals surface area contributed by atoms with Gasteiger partial charge >= 0.3 is 6.61 Å². The molecule has 6 nitrogen and oxygen atoms in total. The van der Waals surface area contributed by atoms with Crippen molar-refractivity contribution in [3.05, 3.63) is 17.7 Å². The molecule has 1 aliphatic heterocycles. The zero-order chi connectivity index (χ0) is 16.7. The van der Waals surface area contributed by atoms with E-state index in [1.165, 1.54) is 6.07 Å². The summed E-state index contributed by atoms with van der Waals surface area (Å²) >= 11 is 0. The van der Waals surface area contributed by atoms with E-state index in [4.69, 9.17) is 9.47 Å². The number of aliphatic imine (C=N–C) groups is 1. The Morgan fingerprint density at radius 1 is 1.30 bits per heavy atom. The lowest BCUT2D eigenvalue weighted by Crippen LogP contribution is -2.37. The minimum Gasteiger partial charge on any atom is -0.454 e. The van der Waals surface area contributed by atoms with Crippen molar-refractivity contribution in [2.75, 3.05) is 27.1 Å². The van der Waals surface area contributed by atoms with E-state index in [1.54, 1.807) is 13.1 Å². The number of ether oxygens (including phenoxy) is 3. The Balaban J connectivity index is 2.05. The molecule has 0 aromatic heterocycles. The molecule has 1 aliphatic rings. The summed E-state index contributed by atoms with van der Waals surface area (Å²) < 4.78 is 52.1. The van der Waals surface area contributed by atoms with Gasteiger partial charge in [-0.15, -0.1) is 0 Å². The van der Waals surface area contributed by atoms with Crippen molar-refractivity contribution >= 4 is 5.96 Å². The van der Waals surface area contributed by atoms with Crippen molar-refractivity contribution in [3.8, 4) is 17.2 Å². The zero-order valence-electron chi connectivity index (χ0n) is 12.6. The maximum atomic E-state index is 12.5. The minimum atomic E-state index is -2.95. The molecule has 2 N–H and O–H groups in total. The number of alkyl halides is 3. The van der Waals surface area contributed by atoms with E-state index in [-0.39, 0.29) is 19.1 Å². The first kappa shape index (κ1) is 17.0. The van der Waals surface area contributed by atoms with Gasteiger partial charge in [-0.05, 0) is 12.5 Å². The fraction of sp³-hybridized carbons (Fsp3) is 0.500. The maximum Gasteiger partial charge on any atom is 0.387 e. The molecular formula is C14H18F3N3O3. The van der Waals surface area contributed by atoms with E-state index in [0.29, 0.717) is 36.0 Å². The lowest BCUT2D eigenvalue weighted by Gasteiger charge is -2.15. The lowest BCUT2D eigenvalue weighted by atomic mass is 10.1. The minimum absolute atomic E-state index is 0.00374. The van der Waals surface area contributed by atoms with Crippen molar-refractivity contribution in [1.82, 2.24) is 10.6 Å². The quantitative estimate of drug-likeness (QED) is 0.454. The van der Waals surface area contributed by atoms with Crippen LogP contribution >= 0.6 is 0 Å². The van der Waals surface area contributed by atoms with Crippen molar-refractivity contribution in [3.63, 3.8) is 0 Å². The lowest BCUT2D eigenvalue weighted by molar-refractivity contribution is -0.0505. The highest BCUT2D eigenvalue weighted by Gasteiger charge is 2.20. The van der Waals surface area contributed by atoms with Gasteiger partial charge in [-0.25, -0.2) is 0 Å². The van der Waals surface area contributed by atoms with Crippen molar-refractivity contribution in [1.29, 1.82) is 0 Å². The first-order valence-corrected chi connectivity index (χ1v) is 7.02. The molecule has 0 saturated carbocycles. The van der Waals surface area contributed by atoms with Gasteiger partial charge in [0.25, 0.3) is 0 Å². The standard InChI is InChI=1S/C14H18F3N3O3/c1-18-14(19-4-2-3-15)20-7-9-5-11-12(22-8-21-11)6-10(9)23-13(16)17/h5-6,13H,2-4,7-8H2,1H3,(H2,18,19,20). The molecule has 0 radical (unpaired) electrons. The predicted octanol–water partition coefficient (Wildman–Crippen LogP) is 2.04.